The van der Waals surface area contributed by atoms with Crippen LogP contribution in [0.1, 0.15) is 33.7 Å². The highest BCUT2D eigenvalue weighted by atomic mass is 16.1. The molecule has 1 amide bonds. The number of aryl methyl sites for hydroxylation is 4. The molecule has 1 heterocycles. The fraction of sp³-hybridized carbons (Fsp3) is 0.375. The standard InChI is InChI=1S/C16H22N4O/c1-11-6-4-7-14(15(11)17)16(21)18-8-5-9-20-13(3)10-12(2)19-20/h4,6-7,10H,5,8-9,17H2,1-3H3,(H,18,21). The summed E-state index contributed by atoms with van der Waals surface area (Å²) in [5.74, 6) is -0.121. The number of nitrogens with zero attached hydrogens (tertiary/aromatic N) is 2. The first-order valence-electron chi connectivity index (χ1n) is 7.13. The van der Waals surface area contributed by atoms with E-state index in [0.717, 1.165) is 29.9 Å². The zero-order valence-corrected chi connectivity index (χ0v) is 12.8. The molecule has 21 heavy (non-hydrogen) atoms. The monoisotopic (exact) mass is 286 g/mol. The fourth-order valence-electron chi connectivity index (χ4n) is 2.31. The van der Waals surface area contributed by atoms with Crippen LogP contribution in [0.4, 0.5) is 5.69 Å². The van der Waals surface area contributed by atoms with Crippen LogP contribution in [-0.4, -0.2) is 22.2 Å². The van der Waals surface area contributed by atoms with Gasteiger partial charge in [0, 0.05) is 24.5 Å². The van der Waals surface area contributed by atoms with E-state index in [4.69, 9.17) is 5.73 Å². The average molecular weight is 286 g/mol. The Morgan fingerprint density at radius 1 is 1.33 bits per heavy atom. The highest BCUT2D eigenvalue weighted by Gasteiger charge is 2.10. The Bertz CT molecular complexity index is 646. The Morgan fingerprint density at radius 3 is 2.76 bits per heavy atom. The number of nitrogens with one attached hydrogen (secondary N) is 1. The van der Waals surface area contributed by atoms with Crippen molar-refractivity contribution in [3.63, 3.8) is 0 Å². The van der Waals surface area contributed by atoms with Crippen molar-refractivity contribution in [2.75, 3.05) is 12.3 Å². The van der Waals surface area contributed by atoms with Crippen LogP contribution in [0.5, 0.6) is 0 Å². The van der Waals surface area contributed by atoms with Crippen molar-refractivity contribution in [3.05, 3.63) is 46.8 Å². The Hall–Kier alpha value is -2.30. The van der Waals surface area contributed by atoms with Crippen molar-refractivity contribution in [2.45, 2.75) is 33.7 Å². The van der Waals surface area contributed by atoms with Gasteiger partial charge in [-0.05, 0) is 44.9 Å². The summed E-state index contributed by atoms with van der Waals surface area (Å²) >= 11 is 0. The summed E-state index contributed by atoms with van der Waals surface area (Å²) in [7, 11) is 0. The lowest BCUT2D eigenvalue weighted by molar-refractivity contribution is 0.0953. The maximum Gasteiger partial charge on any atom is 0.253 e. The predicted molar refractivity (Wildman–Crippen MR) is 84.2 cm³/mol. The van der Waals surface area contributed by atoms with Crippen LogP contribution in [0.3, 0.4) is 0 Å². The summed E-state index contributed by atoms with van der Waals surface area (Å²) < 4.78 is 1.96. The van der Waals surface area contributed by atoms with Crippen LogP contribution < -0.4 is 11.1 Å². The summed E-state index contributed by atoms with van der Waals surface area (Å²) in [6.45, 7) is 7.31. The molecule has 0 unspecified atom stereocenters. The molecule has 0 radical (unpaired) electrons. The van der Waals surface area contributed by atoms with E-state index < -0.39 is 0 Å². The zero-order valence-electron chi connectivity index (χ0n) is 12.8. The summed E-state index contributed by atoms with van der Waals surface area (Å²) in [5.41, 5.74) is 10.1. The number of rotatable bonds is 5. The first-order chi connectivity index (χ1) is 9.99. The van der Waals surface area contributed by atoms with E-state index in [-0.39, 0.29) is 5.91 Å². The number of hydrogen-bond acceptors (Lipinski definition) is 3. The maximum atomic E-state index is 12.1. The SMILES string of the molecule is Cc1cc(C)n(CCCNC(=O)c2cccc(C)c2N)n1. The maximum absolute atomic E-state index is 12.1. The molecule has 0 saturated heterocycles. The van der Waals surface area contributed by atoms with Crippen LogP contribution in [-0.2, 0) is 6.54 Å². The summed E-state index contributed by atoms with van der Waals surface area (Å²) in [6, 6.07) is 7.54. The molecule has 1 aromatic heterocycles. The lowest BCUT2D eigenvalue weighted by Gasteiger charge is -2.09. The molecule has 1 aromatic carbocycles. The number of carbonyl (C=O) groups excluding carboxylic acids is 1. The van der Waals surface area contributed by atoms with Gasteiger partial charge in [-0.3, -0.25) is 9.48 Å². The molecule has 2 rings (SSSR count). The first kappa shape index (κ1) is 15.1. The molecule has 2 aromatic rings. The Kier molecular flexibility index (Phi) is 4.62. The van der Waals surface area contributed by atoms with E-state index in [0.29, 0.717) is 17.8 Å². The van der Waals surface area contributed by atoms with Crippen molar-refractivity contribution >= 4 is 11.6 Å². The molecule has 0 atom stereocenters. The molecule has 0 saturated carbocycles. The van der Waals surface area contributed by atoms with E-state index in [2.05, 4.69) is 10.4 Å². The molecule has 0 aliphatic heterocycles. The normalized spacial score (nSPS) is 10.6. The summed E-state index contributed by atoms with van der Waals surface area (Å²) in [6.07, 6.45) is 0.833. The predicted octanol–water partition coefficient (Wildman–Crippen LogP) is 2.21. The highest BCUT2D eigenvalue weighted by Crippen LogP contribution is 2.16. The van der Waals surface area contributed by atoms with Gasteiger partial charge in [0.25, 0.3) is 5.91 Å². The second kappa shape index (κ2) is 6.43. The lowest BCUT2D eigenvalue weighted by Crippen LogP contribution is -2.26. The van der Waals surface area contributed by atoms with Gasteiger partial charge in [-0.1, -0.05) is 12.1 Å². The molecule has 112 valence electrons. The van der Waals surface area contributed by atoms with Crippen molar-refractivity contribution in [3.8, 4) is 0 Å². The second-order valence-corrected chi connectivity index (χ2v) is 5.30. The number of aromatic nitrogens is 2. The van der Waals surface area contributed by atoms with Crippen molar-refractivity contribution in [1.29, 1.82) is 0 Å². The van der Waals surface area contributed by atoms with Crippen LogP contribution in [0.15, 0.2) is 24.3 Å². The largest absolute Gasteiger partial charge is 0.398 e. The number of nitrogens with two attached hydrogens (primary N) is 1. The topological polar surface area (TPSA) is 72.9 Å². The van der Waals surface area contributed by atoms with Gasteiger partial charge < -0.3 is 11.1 Å². The summed E-state index contributed by atoms with van der Waals surface area (Å²) in [4.78, 5) is 12.1. The molecule has 3 N–H and O–H groups in total. The van der Waals surface area contributed by atoms with Crippen molar-refractivity contribution < 1.29 is 4.79 Å². The number of nitrogen functional groups attached to an aromatic ring is 1. The van der Waals surface area contributed by atoms with Gasteiger partial charge in [0.15, 0.2) is 0 Å². The number of anilines is 1. The summed E-state index contributed by atoms with van der Waals surface area (Å²) in [5, 5.41) is 7.30. The van der Waals surface area contributed by atoms with E-state index in [9.17, 15) is 4.79 Å². The first-order valence-corrected chi connectivity index (χ1v) is 7.13. The molecule has 5 heteroatoms. The van der Waals surface area contributed by atoms with Crippen molar-refractivity contribution in [1.82, 2.24) is 15.1 Å². The smallest absolute Gasteiger partial charge is 0.253 e. The Balaban J connectivity index is 1.85. The molecule has 0 aliphatic rings. The van der Waals surface area contributed by atoms with Gasteiger partial charge in [-0.25, -0.2) is 0 Å². The average Bonchev–Trinajstić information content (AvgIpc) is 2.76. The van der Waals surface area contributed by atoms with Gasteiger partial charge >= 0.3 is 0 Å². The lowest BCUT2D eigenvalue weighted by atomic mass is 10.1. The molecule has 0 spiro atoms. The van der Waals surface area contributed by atoms with Gasteiger partial charge in [0.05, 0.1) is 11.3 Å². The quantitative estimate of drug-likeness (QED) is 0.654. The zero-order chi connectivity index (χ0) is 15.4. The number of carbonyl (C=O) groups is 1. The highest BCUT2D eigenvalue weighted by molar-refractivity contribution is 5.99. The van der Waals surface area contributed by atoms with Gasteiger partial charge in [-0.15, -0.1) is 0 Å². The third-order valence-electron chi connectivity index (χ3n) is 3.50. The van der Waals surface area contributed by atoms with Crippen LogP contribution >= 0.6 is 0 Å². The second-order valence-electron chi connectivity index (χ2n) is 5.30. The van der Waals surface area contributed by atoms with Gasteiger partial charge in [0.2, 0.25) is 0 Å². The minimum atomic E-state index is -0.121. The number of amides is 1. The number of benzene rings is 1. The van der Waals surface area contributed by atoms with Crippen molar-refractivity contribution in [2.24, 2.45) is 0 Å². The van der Waals surface area contributed by atoms with E-state index in [1.165, 1.54) is 0 Å². The fourth-order valence-corrected chi connectivity index (χ4v) is 2.31. The van der Waals surface area contributed by atoms with Crippen LogP contribution in [0.2, 0.25) is 0 Å². The molecule has 0 aliphatic carbocycles. The minimum absolute atomic E-state index is 0.121. The number of hydrogen-bond donors (Lipinski definition) is 2. The Labute approximate surface area is 125 Å². The third kappa shape index (κ3) is 3.62. The minimum Gasteiger partial charge on any atom is -0.398 e. The Morgan fingerprint density at radius 2 is 2.10 bits per heavy atom. The number of para-hydroxylation sites is 1. The van der Waals surface area contributed by atoms with Gasteiger partial charge in [0.1, 0.15) is 0 Å². The van der Waals surface area contributed by atoms with Crippen LogP contribution in [0.25, 0.3) is 0 Å². The molecular formula is C16H22N4O. The third-order valence-corrected chi connectivity index (χ3v) is 3.50. The van der Waals surface area contributed by atoms with E-state index in [1.807, 2.05) is 43.7 Å². The van der Waals surface area contributed by atoms with E-state index in [1.54, 1.807) is 6.07 Å². The molecule has 5 nitrogen and oxygen atoms in total. The van der Waals surface area contributed by atoms with Gasteiger partial charge in [-0.2, -0.15) is 5.10 Å². The molecule has 0 bridgehead atoms. The van der Waals surface area contributed by atoms with Crippen LogP contribution in [0, 0.1) is 20.8 Å². The molecule has 0 fully saturated rings. The van der Waals surface area contributed by atoms with E-state index >= 15 is 0 Å². The molecular weight excluding hydrogens is 264 g/mol.